The maximum Gasteiger partial charge on any atom is 0.136 e. The van der Waals surface area contributed by atoms with Gasteiger partial charge < -0.3 is 4.74 Å². The standard InChI is InChI=1S/C18H21NO/c1-20-17-3-2-16(7-15(17)11-19)18-8-12-4-13(9-18)6-14(5-12)10-18/h2-3,7,12-14H,4-6,8-10H2,1H3. The molecule has 5 rings (SSSR count). The maximum absolute atomic E-state index is 9.33. The lowest BCUT2D eigenvalue weighted by Gasteiger charge is -2.57. The minimum atomic E-state index is 0.368. The lowest BCUT2D eigenvalue weighted by atomic mass is 9.48. The van der Waals surface area contributed by atoms with E-state index in [0.29, 0.717) is 16.7 Å². The summed E-state index contributed by atoms with van der Waals surface area (Å²) >= 11 is 0. The van der Waals surface area contributed by atoms with Gasteiger partial charge in [-0.3, -0.25) is 0 Å². The smallest absolute Gasteiger partial charge is 0.136 e. The van der Waals surface area contributed by atoms with Crippen molar-refractivity contribution in [1.29, 1.82) is 5.26 Å². The highest BCUT2D eigenvalue weighted by Crippen LogP contribution is 2.60. The van der Waals surface area contributed by atoms with E-state index in [9.17, 15) is 5.26 Å². The second-order valence-electron chi connectivity index (χ2n) is 7.22. The third kappa shape index (κ3) is 1.69. The van der Waals surface area contributed by atoms with Crippen LogP contribution in [0.25, 0.3) is 0 Å². The quantitative estimate of drug-likeness (QED) is 0.810. The Kier molecular flexibility index (Phi) is 2.61. The molecule has 2 nitrogen and oxygen atoms in total. The Balaban J connectivity index is 1.76. The molecule has 1 aromatic carbocycles. The van der Waals surface area contributed by atoms with Crippen LogP contribution in [0.4, 0.5) is 0 Å². The molecule has 0 amide bonds. The molecule has 0 radical (unpaired) electrons. The van der Waals surface area contributed by atoms with Gasteiger partial charge in [0.1, 0.15) is 11.8 Å². The molecule has 2 heteroatoms. The van der Waals surface area contributed by atoms with E-state index in [-0.39, 0.29) is 0 Å². The number of hydrogen-bond donors (Lipinski definition) is 0. The lowest BCUT2D eigenvalue weighted by molar-refractivity contribution is -0.00521. The van der Waals surface area contributed by atoms with Gasteiger partial charge in [0.25, 0.3) is 0 Å². The van der Waals surface area contributed by atoms with E-state index in [1.807, 2.05) is 6.07 Å². The second kappa shape index (κ2) is 4.25. The summed E-state index contributed by atoms with van der Waals surface area (Å²) in [6.45, 7) is 0. The summed E-state index contributed by atoms with van der Waals surface area (Å²) in [4.78, 5) is 0. The lowest BCUT2D eigenvalue weighted by Crippen LogP contribution is -2.48. The van der Waals surface area contributed by atoms with E-state index in [1.165, 1.54) is 44.1 Å². The van der Waals surface area contributed by atoms with Gasteiger partial charge in [0.05, 0.1) is 12.7 Å². The molecule has 1 aromatic rings. The van der Waals surface area contributed by atoms with E-state index in [0.717, 1.165) is 17.8 Å². The minimum Gasteiger partial charge on any atom is -0.495 e. The van der Waals surface area contributed by atoms with Gasteiger partial charge in [0, 0.05) is 0 Å². The third-order valence-corrected chi connectivity index (χ3v) is 5.97. The topological polar surface area (TPSA) is 33.0 Å². The average Bonchev–Trinajstić information content (AvgIpc) is 2.45. The molecule has 0 aliphatic heterocycles. The molecular weight excluding hydrogens is 246 g/mol. The van der Waals surface area contributed by atoms with E-state index < -0.39 is 0 Å². The Labute approximate surface area is 120 Å². The summed E-state index contributed by atoms with van der Waals surface area (Å²) in [7, 11) is 1.64. The number of benzene rings is 1. The van der Waals surface area contributed by atoms with Gasteiger partial charge in [-0.15, -0.1) is 0 Å². The fourth-order valence-corrected chi connectivity index (χ4v) is 5.59. The fraction of sp³-hybridized carbons (Fsp3) is 0.611. The van der Waals surface area contributed by atoms with Gasteiger partial charge >= 0.3 is 0 Å². The van der Waals surface area contributed by atoms with Gasteiger partial charge in [-0.25, -0.2) is 0 Å². The minimum absolute atomic E-state index is 0.368. The first kappa shape index (κ1) is 12.3. The Morgan fingerprint density at radius 3 is 2.20 bits per heavy atom. The zero-order valence-corrected chi connectivity index (χ0v) is 12.1. The monoisotopic (exact) mass is 267 g/mol. The molecule has 0 atom stereocenters. The molecule has 4 aliphatic carbocycles. The predicted molar refractivity (Wildman–Crippen MR) is 77.6 cm³/mol. The highest BCUT2D eigenvalue weighted by atomic mass is 16.5. The summed E-state index contributed by atoms with van der Waals surface area (Å²) in [5, 5.41) is 9.33. The van der Waals surface area contributed by atoms with Crippen molar-refractivity contribution in [1.82, 2.24) is 0 Å². The van der Waals surface area contributed by atoms with E-state index in [2.05, 4.69) is 18.2 Å². The van der Waals surface area contributed by atoms with Crippen molar-refractivity contribution in [3.63, 3.8) is 0 Å². The molecule has 4 saturated carbocycles. The molecule has 4 fully saturated rings. The molecule has 0 N–H and O–H groups in total. The van der Waals surface area contributed by atoms with Gasteiger partial charge in [0.15, 0.2) is 0 Å². The molecule has 4 aliphatic rings. The molecular formula is C18H21NO. The van der Waals surface area contributed by atoms with Crippen LogP contribution in [0.5, 0.6) is 5.75 Å². The number of ether oxygens (including phenoxy) is 1. The Morgan fingerprint density at radius 1 is 1.10 bits per heavy atom. The Hall–Kier alpha value is -1.49. The number of methoxy groups -OCH3 is 1. The van der Waals surface area contributed by atoms with Crippen LogP contribution in [0, 0.1) is 29.1 Å². The number of rotatable bonds is 2. The first-order chi connectivity index (χ1) is 9.72. The fourth-order valence-electron chi connectivity index (χ4n) is 5.59. The molecule has 104 valence electrons. The first-order valence-electron chi connectivity index (χ1n) is 7.81. The van der Waals surface area contributed by atoms with Gasteiger partial charge in [-0.2, -0.15) is 5.26 Å². The van der Waals surface area contributed by atoms with E-state index in [1.54, 1.807) is 7.11 Å². The van der Waals surface area contributed by atoms with Gasteiger partial charge in [0.2, 0.25) is 0 Å². The van der Waals surface area contributed by atoms with Crippen molar-refractivity contribution >= 4 is 0 Å². The molecule has 0 unspecified atom stereocenters. The van der Waals surface area contributed by atoms with Gasteiger partial charge in [-0.05, 0) is 79.4 Å². The molecule has 0 heterocycles. The zero-order chi connectivity index (χ0) is 13.7. The van der Waals surface area contributed by atoms with Crippen molar-refractivity contribution in [2.75, 3.05) is 7.11 Å². The zero-order valence-electron chi connectivity index (χ0n) is 12.1. The highest BCUT2D eigenvalue weighted by Gasteiger charge is 2.51. The van der Waals surface area contributed by atoms with Crippen molar-refractivity contribution in [2.24, 2.45) is 17.8 Å². The van der Waals surface area contributed by atoms with Crippen LogP contribution in [-0.4, -0.2) is 7.11 Å². The number of nitriles is 1. The summed E-state index contributed by atoms with van der Waals surface area (Å²) in [5.41, 5.74) is 2.46. The van der Waals surface area contributed by atoms with Crippen LogP contribution in [0.1, 0.15) is 49.7 Å². The number of hydrogen-bond acceptors (Lipinski definition) is 2. The van der Waals surface area contributed by atoms with Crippen molar-refractivity contribution in [2.45, 2.75) is 43.9 Å². The largest absolute Gasteiger partial charge is 0.495 e. The summed E-state index contributed by atoms with van der Waals surface area (Å²) in [6, 6.07) is 8.60. The molecule has 20 heavy (non-hydrogen) atoms. The molecule has 0 saturated heterocycles. The number of nitrogens with zero attached hydrogens (tertiary/aromatic N) is 1. The highest BCUT2D eigenvalue weighted by molar-refractivity contribution is 5.47. The molecule has 4 bridgehead atoms. The van der Waals surface area contributed by atoms with E-state index in [4.69, 9.17) is 4.74 Å². The average molecular weight is 267 g/mol. The van der Waals surface area contributed by atoms with Crippen molar-refractivity contribution < 1.29 is 4.74 Å². The van der Waals surface area contributed by atoms with Crippen LogP contribution in [-0.2, 0) is 5.41 Å². The SMILES string of the molecule is COc1ccc(C23CC4CC(CC(C4)C2)C3)cc1C#N. The Bertz CT molecular complexity index is 548. The van der Waals surface area contributed by atoms with Crippen LogP contribution >= 0.6 is 0 Å². The normalized spacial score (nSPS) is 37.7. The van der Waals surface area contributed by atoms with E-state index >= 15 is 0 Å². The third-order valence-electron chi connectivity index (χ3n) is 5.97. The Morgan fingerprint density at radius 2 is 1.70 bits per heavy atom. The molecule has 0 spiro atoms. The summed E-state index contributed by atoms with van der Waals surface area (Å²) in [6.07, 6.45) is 8.41. The van der Waals surface area contributed by atoms with Gasteiger partial charge in [-0.1, -0.05) is 6.07 Å². The van der Waals surface area contributed by atoms with Crippen LogP contribution < -0.4 is 4.74 Å². The van der Waals surface area contributed by atoms with Crippen LogP contribution in [0.15, 0.2) is 18.2 Å². The maximum atomic E-state index is 9.33. The van der Waals surface area contributed by atoms with Crippen LogP contribution in [0.2, 0.25) is 0 Å². The predicted octanol–water partition coefficient (Wildman–Crippen LogP) is 4.03. The second-order valence-corrected chi connectivity index (χ2v) is 7.22. The molecule has 0 aromatic heterocycles. The van der Waals surface area contributed by atoms with Crippen molar-refractivity contribution in [3.8, 4) is 11.8 Å². The summed E-state index contributed by atoms with van der Waals surface area (Å²) in [5.74, 6) is 3.53. The summed E-state index contributed by atoms with van der Waals surface area (Å²) < 4.78 is 5.29. The first-order valence-corrected chi connectivity index (χ1v) is 7.81. The van der Waals surface area contributed by atoms with Crippen molar-refractivity contribution in [3.05, 3.63) is 29.3 Å². The van der Waals surface area contributed by atoms with Crippen LogP contribution in [0.3, 0.4) is 0 Å².